The molecule has 1 aromatic carbocycles. The van der Waals surface area contributed by atoms with Crippen LogP contribution in [0.5, 0.6) is 0 Å². The van der Waals surface area contributed by atoms with E-state index in [4.69, 9.17) is 11.6 Å². The van der Waals surface area contributed by atoms with Crippen LogP contribution in [0, 0.1) is 0 Å². The normalized spacial score (nSPS) is 14.7. The van der Waals surface area contributed by atoms with Crippen molar-refractivity contribution in [1.82, 2.24) is 5.32 Å². The summed E-state index contributed by atoms with van der Waals surface area (Å²) in [5.41, 5.74) is -1.47. The molecule has 21 heavy (non-hydrogen) atoms. The van der Waals surface area contributed by atoms with Crippen molar-refractivity contribution < 1.29 is 22.8 Å². The van der Waals surface area contributed by atoms with Gasteiger partial charge in [0.1, 0.15) is 6.42 Å². The van der Waals surface area contributed by atoms with Crippen LogP contribution in [0.1, 0.15) is 24.8 Å². The van der Waals surface area contributed by atoms with Crippen LogP contribution < -0.4 is 10.6 Å². The van der Waals surface area contributed by atoms with Crippen molar-refractivity contribution in [3.63, 3.8) is 0 Å². The first-order valence-corrected chi connectivity index (χ1v) is 6.59. The number of amides is 2. The van der Waals surface area contributed by atoms with E-state index in [9.17, 15) is 22.8 Å². The smallest absolute Gasteiger partial charge is 0.353 e. The third-order valence-corrected chi connectivity index (χ3v) is 3.06. The van der Waals surface area contributed by atoms with E-state index in [1.807, 2.05) is 0 Å². The van der Waals surface area contributed by atoms with Crippen molar-refractivity contribution >= 4 is 29.1 Å². The van der Waals surface area contributed by atoms with E-state index in [1.165, 1.54) is 6.07 Å². The average Bonchev–Trinajstić information content (AvgIpc) is 3.13. The number of carbonyl (C=O) groups excluding carboxylic acids is 2. The Bertz CT molecular complexity index is 571. The summed E-state index contributed by atoms with van der Waals surface area (Å²) in [6.07, 6.45) is -3.44. The number of carbonyl (C=O) groups is 2. The lowest BCUT2D eigenvalue weighted by Crippen LogP contribution is -2.30. The lowest BCUT2D eigenvalue weighted by Gasteiger charge is -2.14. The topological polar surface area (TPSA) is 58.2 Å². The highest BCUT2D eigenvalue weighted by atomic mass is 35.5. The number of hydrogen-bond donors (Lipinski definition) is 2. The zero-order chi connectivity index (χ0) is 15.6. The highest BCUT2D eigenvalue weighted by Crippen LogP contribution is 2.36. The first kappa shape index (κ1) is 15.6. The Morgan fingerprint density at radius 2 is 1.90 bits per heavy atom. The van der Waals surface area contributed by atoms with E-state index in [1.54, 1.807) is 0 Å². The largest absolute Gasteiger partial charge is 0.418 e. The molecule has 2 rings (SSSR count). The van der Waals surface area contributed by atoms with Crippen LogP contribution >= 0.6 is 11.6 Å². The summed E-state index contributed by atoms with van der Waals surface area (Å²) in [5.74, 6) is -1.31. The molecule has 0 spiro atoms. The van der Waals surface area contributed by atoms with E-state index in [2.05, 4.69) is 10.6 Å². The van der Waals surface area contributed by atoms with Crippen LogP contribution in [0.4, 0.5) is 18.9 Å². The molecule has 8 heteroatoms. The number of alkyl halides is 3. The minimum atomic E-state index is -4.65. The van der Waals surface area contributed by atoms with Gasteiger partial charge in [-0.15, -0.1) is 0 Å². The van der Waals surface area contributed by atoms with Gasteiger partial charge < -0.3 is 10.6 Å². The molecular weight excluding hydrogens is 309 g/mol. The van der Waals surface area contributed by atoms with E-state index < -0.39 is 35.7 Å². The molecule has 1 aliphatic rings. The second-order valence-corrected chi connectivity index (χ2v) is 5.19. The fourth-order valence-electron chi connectivity index (χ4n) is 1.71. The third kappa shape index (κ3) is 4.63. The second-order valence-electron chi connectivity index (χ2n) is 4.75. The lowest BCUT2D eigenvalue weighted by molar-refractivity contribution is -0.137. The Hall–Kier alpha value is -1.76. The Morgan fingerprint density at radius 3 is 2.48 bits per heavy atom. The van der Waals surface area contributed by atoms with Gasteiger partial charge in [-0.1, -0.05) is 11.6 Å². The van der Waals surface area contributed by atoms with Crippen LogP contribution in [-0.4, -0.2) is 17.9 Å². The summed E-state index contributed by atoms with van der Waals surface area (Å²) in [6, 6.07) is 3.10. The lowest BCUT2D eigenvalue weighted by atomic mass is 10.1. The molecule has 0 aliphatic heterocycles. The van der Waals surface area contributed by atoms with Crippen LogP contribution in [-0.2, 0) is 15.8 Å². The van der Waals surface area contributed by atoms with Gasteiger partial charge in [-0.2, -0.15) is 13.2 Å². The average molecular weight is 321 g/mol. The number of rotatable bonds is 4. The minimum Gasteiger partial charge on any atom is -0.353 e. The van der Waals surface area contributed by atoms with Crippen LogP contribution in [0.15, 0.2) is 18.2 Å². The first-order chi connectivity index (χ1) is 9.75. The number of halogens is 4. The molecule has 0 atom stereocenters. The quantitative estimate of drug-likeness (QED) is 0.838. The molecule has 0 bridgehead atoms. The molecule has 0 unspecified atom stereocenters. The van der Waals surface area contributed by atoms with E-state index in [-0.39, 0.29) is 11.1 Å². The minimum absolute atomic E-state index is 0.0894. The fraction of sp³-hybridized carbons (Fsp3) is 0.385. The molecule has 1 saturated carbocycles. The predicted octanol–water partition coefficient (Wildman–Crippen LogP) is 2.97. The molecule has 0 saturated heterocycles. The fourth-order valence-corrected chi connectivity index (χ4v) is 1.88. The van der Waals surface area contributed by atoms with Gasteiger partial charge in [0.05, 0.1) is 11.3 Å². The predicted molar refractivity (Wildman–Crippen MR) is 70.9 cm³/mol. The monoisotopic (exact) mass is 320 g/mol. The summed E-state index contributed by atoms with van der Waals surface area (Å²) in [5, 5.41) is 4.58. The van der Waals surface area contributed by atoms with E-state index in [0.29, 0.717) is 0 Å². The summed E-state index contributed by atoms with van der Waals surface area (Å²) < 4.78 is 38.5. The molecule has 114 valence electrons. The Morgan fingerprint density at radius 1 is 1.24 bits per heavy atom. The molecule has 0 heterocycles. The van der Waals surface area contributed by atoms with Gasteiger partial charge >= 0.3 is 6.18 Å². The van der Waals surface area contributed by atoms with Gasteiger partial charge in [-0.25, -0.2) is 0 Å². The maximum absolute atomic E-state index is 12.8. The zero-order valence-electron chi connectivity index (χ0n) is 10.8. The van der Waals surface area contributed by atoms with Crippen molar-refractivity contribution in [1.29, 1.82) is 0 Å². The van der Waals surface area contributed by atoms with Gasteiger partial charge in [0.15, 0.2) is 0 Å². The summed E-state index contributed by atoms with van der Waals surface area (Å²) in [7, 11) is 0. The number of hydrogen-bond acceptors (Lipinski definition) is 2. The van der Waals surface area contributed by atoms with Crippen molar-refractivity contribution in [2.75, 3.05) is 5.32 Å². The van der Waals surface area contributed by atoms with Crippen molar-refractivity contribution in [2.24, 2.45) is 0 Å². The van der Waals surface area contributed by atoms with Crippen molar-refractivity contribution in [2.45, 2.75) is 31.5 Å². The molecule has 2 amide bonds. The van der Waals surface area contributed by atoms with Gasteiger partial charge in [0, 0.05) is 11.1 Å². The molecule has 1 aromatic rings. The number of anilines is 1. The second kappa shape index (κ2) is 5.93. The number of benzene rings is 1. The van der Waals surface area contributed by atoms with Gasteiger partial charge in [0.2, 0.25) is 11.8 Å². The molecule has 0 radical (unpaired) electrons. The summed E-state index contributed by atoms with van der Waals surface area (Å²) >= 11 is 5.53. The Kier molecular flexibility index (Phi) is 4.41. The first-order valence-electron chi connectivity index (χ1n) is 6.21. The maximum Gasteiger partial charge on any atom is 0.418 e. The standard InChI is InChI=1S/C13H12ClF3N2O2/c14-7-1-4-10(9(5-7)13(15,16)17)19-12(21)6-11(20)18-8-2-3-8/h1,4-5,8H,2-3,6H2,(H,18,20)(H,19,21). The van der Waals surface area contributed by atoms with Gasteiger partial charge in [0.25, 0.3) is 0 Å². The molecule has 1 aliphatic carbocycles. The highest BCUT2D eigenvalue weighted by Gasteiger charge is 2.34. The van der Waals surface area contributed by atoms with E-state index >= 15 is 0 Å². The van der Waals surface area contributed by atoms with Crippen molar-refractivity contribution in [3.8, 4) is 0 Å². The third-order valence-electron chi connectivity index (χ3n) is 2.82. The van der Waals surface area contributed by atoms with Gasteiger partial charge in [-0.3, -0.25) is 9.59 Å². The molecule has 4 nitrogen and oxygen atoms in total. The van der Waals surface area contributed by atoms with Gasteiger partial charge in [-0.05, 0) is 31.0 Å². The maximum atomic E-state index is 12.8. The van der Waals surface area contributed by atoms with E-state index in [0.717, 1.165) is 25.0 Å². The highest BCUT2D eigenvalue weighted by molar-refractivity contribution is 6.30. The molecular formula is C13H12ClF3N2O2. The molecule has 2 N–H and O–H groups in total. The Labute approximate surface area is 123 Å². The Balaban J connectivity index is 2.04. The SMILES string of the molecule is O=C(CC(=O)NC1CC1)Nc1ccc(Cl)cc1C(F)(F)F. The van der Waals surface area contributed by atoms with Crippen LogP contribution in [0.2, 0.25) is 5.02 Å². The zero-order valence-corrected chi connectivity index (χ0v) is 11.5. The molecule has 0 aromatic heterocycles. The summed E-state index contributed by atoms with van der Waals surface area (Å²) in [6.45, 7) is 0. The molecule has 1 fully saturated rings. The summed E-state index contributed by atoms with van der Waals surface area (Å²) in [4.78, 5) is 23.0. The van der Waals surface area contributed by atoms with Crippen molar-refractivity contribution in [3.05, 3.63) is 28.8 Å². The number of nitrogens with one attached hydrogen (secondary N) is 2. The van der Waals surface area contributed by atoms with Crippen LogP contribution in [0.3, 0.4) is 0 Å². The van der Waals surface area contributed by atoms with Crippen LogP contribution in [0.25, 0.3) is 0 Å².